The molecule has 2 aromatic rings. The summed E-state index contributed by atoms with van der Waals surface area (Å²) in [5, 5.41) is 8.10. The van der Waals surface area contributed by atoms with Crippen molar-refractivity contribution in [3.05, 3.63) is 34.7 Å². The maximum atomic E-state index is 11.6. The second-order valence-electron chi connectivity index (χ2n) is 4.36. The minimum absolute atomic E-state index is 0.0942. The van der Waals surface area contributed by atoms with E-state index in [2.05, 4.69) is 15.6 Å². The Morgan fingerprint density at radius 1 is 1.24 bits per heavy atom. The van der Waals surface area contributed by atoms with Gasteiger partial charge in [-0.05, 0) is 19.1 Å². The van der Waals surface area contributed by atoms with Crippen molar-refractivity contribution in [2.45, 2.75) is 6.92 Å². The van der Waals surface area contributed by atoms with Gasteiger partial charge in [0.15, 0.2) is 0 Å². The molecule has 0 aliphatic carbocycles. The monoisotopic (exact) mass is 304 g/mol. The Morgan fingerprint density at radius 3 is 2.52 bits per heavy atom. The van der Waals surface area contributed by atoms with Crippen LogP contribution in [0, 0.1) is 6.92 Å². The summed E-state index contributed by atoms with van der Waals surface area (Å²) in [6.07, 6.45) is 0. The summed E-state index contributed by atoms with van der Waals surface area (Å²) in [4.78, 5) is 27.0. The summed E-state index contributed by atoms with van der Waals surface area (Å²) in [7, 11) is 0. The second-order valence-corrected chi connectivity index (χ2v) is 5.42. The molecule has 1 aromatic carbocycles. The van der Waals surface area contributed by atoms with Crippen molar-refractivity contribution >= 4 is 28.8 Å². The van der Waals surface area contributed by atoms with Crippen molar-refractivity contribution in [1.29, 1.82) is 0 Å². The van der Waals surface area contributed by atoms with Crippen LogP contribution >= 0.6 is 11.3 Å². The Bertz CT molecular complexity index is 637. The van der Waals surface area contributed by atoms with Crippen molar-refractivity contribution in [3.63, 3.8) is 0 Å². The average Bonchev–Trinajstić information content (AvgIpc) is 2.92. The van der Waals surface area contributed by atoms with Gasteiger partial charge < -0.3 is 16.4 Å². The summed E-state index contributed by atoms with van der Waals surface area (Å²) in [5.41, 5.74) is 7.72. The van der Waals surface area contributed by atoms with E-state index in [1.807, 2.05) is 24.4 Å². The van der Waals surface area contributed by atoms with Crippen LogP contribution in [-0.4, -0.2) is 29.9 Å². The molecule has 0 atom stereocenters. The highest BCUT2D eigenvalue weighted by Gasteiger charge is 2.06. The molecule has 7 heteroatoms. The number of benzene rings is 1. The highest BCUT2D eigenvalue weighted by Crippen LogP contribution is 2.22. The number of amides is 2. The Morgan fingerprint density at radius 2 is 1.95 bits per heavy atom. The zero-order valence-corrected chi connectivity index (χ0v) is 12.4. The number of rotatable bonds is 5. The first kappa shape index (κ1) is 15.1. The van der Waals surface area contributed by atoms with E-state index in [0.717, 1.165) is 16.3 Å². The van der Waals surface area contributed by atoms with Gasteiger partial charge >= 0.3 is 0 Å². The molecule has 4 N–H and O–H groups in total. The van der Waals surface area contributed by atoms with E-state index in [1.54, 1.807) is 23.5 Å². The van der Waals surface area contributed by atoms with Gasteiger partial charge in [0, 0.05) is 16.6 Å². The quantitative estimate of drug-likeness (QED) is 0.771. The molecule has 0 aliphatic heterocycles. The first-order valence-electron chi connectivity index (χ1n) is 6.37. The third-order valence-electron chi connectivity index (χ3n) is 2.71. The molecule has 2 rings (SSSR count). The van der Waals surface area contributed by atoms with E-state index in [4.69, 9.17) is 5.73 Å². The van der Waals surface area contributed by atoms with Gasteiger partial charge in [-0.1, -0.05) is 12.1 Å². The lowest BCUT2D eigenvalue weighted by Crippen LogP contribution is -2.36. The fourth-order valence-corrected chi connectivity index (χ4v) is 2.30. The number of hydrogen-bond acceptors (Lipinski definition) is 5. The van der Waals surface area contributed by atoms with Gasteiger partial charge in [0.05, 0.1) is 23.8 Å². The first-order valence-corrected chi connectivity index (χ1v) is 7.25. The number of nitrogens with one attached hydrogen (secondary N) is 2. The molecule has 0 saturated carbocycles. The van der Waals surface area contributed by atoms with E-state index >= 15 is 0 Å². The third-order valence-corrected chi connectivity index (χ3v) is 3.49. The maximum Gasteiger partial charge on any atom is 0.243 e. The van der Waals surface area contributed by atoms with Gasteiger partial charge in [0.25, 0.3) is 0 Å². The number of nitrogens with two attached hydrogens (primary N) is 1. The van der Waals surface area contributed by atoms with Crippen LogP contribution in [0.25, 0.3) is 11.3 Å². The maximum absolute atomic E-state index is 11.6. The standard InChI is InChI=1S/C14H16N4O2S/c1-9-17-12(8-21-9)10-2-4-11(5-3-10)18-14(20)7-16-13(19)6-15/h2-5,8H,6-7,15H2,1H3,(H,16,19)(H,18,20). The van der Waals surface area contributed by atoms with Crippen LogP contribution in [0.3, 0.4) is 0 Å². The van der Waals surface area contributed by atoms with Gasteiger partial charge in [-0.2, -0.15) is 0 Å². The van der Waals surface area contributed by atoms with Crippen molar-refractivity contribution < 1.29 is 9.59 Å². The van der Waals surface area contributed by atoms with E-state index in [9.17, 15) is 9.59 Å². The molecule has 0 saturated heterocycles. The number of anilines is 1. The minimum Gasteiger partial charge on any atom is -0.346 e. The molecule has 110 valence electrons. The van der Waals surface area contributed by atoms with Crippen LogP contribution in [0.1, 0.15) is 5.01 Å². The molecule has 6 nitrogen and oxygen atoms in total. The van der Waals surface area contributed by atoms with E-state index in [0.29, 0.717) is 5.69 Å². The molecule has 2 amide bonds. The molecule has 1 heterocycles. The van der Waals surface area contributed by atoms with Crippen molar-refractivity contribution in [2.75, 3.05) is 18.4 Å². The number of carbonyl (C=O) groups excluding carboxylic acids is 2. The summed E-state index contributed by atoms with van der Waals surface area (Å²) in [6, 6.07) is 7.38. The van der Waals surface area contributed by atoms with Crippen LogP contribution in [0.2, 0.25) is 0 Å². The van der Waals surface area contributed by atoms with E-state index in [1.165, 1.54) is 0 Å². The first-order chi connectivity index (χ1) is 10.1. The number of hydrogen-bond donors (Lipinski definition) is 3. The lowest BCUT2D eigenvalue weighted by atomic mass is 10.1. The molecular formula is C14H16N4O2S. The molecule has 21 heavy (non-hydrogen) atoms. The molecule has 1 aromatic heterocycles. The topological polar surface area (TPSA) is 97.1 Å². The smallest absolute Gasteiger partial charge is 0.243 e. The fourth-order valence-electron chi connectivity index (χ4n) is 1.68. The molecular weight excluding hydrogens is 288 g/mol. The summed E-state index contributed by atoms with van der Waals surface area (Å²) in [5.74, 6) is -0.659. The summed E-state index contributed by atoms with van der Waals surface area (Å²) in [6.45, 7) is 1.73. The highest BCUT2D eigenvalue weighted by atomic mass is 32.1. The van der Waals surface area contributed by atoms with Gasteiger partial charge in [0.1, 0.15) is 0 Å². The van der Waals surface area contributed by atoms with E-state index in [-0.39, 0.29) is 24.9 Å². The average molecular weight is 304 g/mol. The van der Waals surface area contributed by atoms with Gasteiger partial charge in [-0.15, -0.1) is 11.3 Å². The molecule has 0 unspecified atom stereocenters. The molecule has 0 spiro atoms. The Kier molecular flexibility index (Phi) is 5.02. The van der Waals surface area contributed by atoms with Gasteiger partial charge in [-0.3, -0.25) is 9.59 Å². The van der Waals surface area contributed by atoms with Crippen LogP contribution in [0.5, 0.6) is 0 Å². The molecule has 0 aliphatic rings. The van der Waals surface area contributed by atoms with Crippen molar-refractivity contribution in [3.8, 4) is 11.3 Å². The lowest BCUT2D eigenvalue weighted by molar-refractivity contribution is -0.123. The van der Waals surface area contributed by atoms with Crippen molar-refractivity contribution in [1.82, 2.24) is 10.3 Å². The number of aryl methyl sites for hydroxylation is 1. The Hall–Kier alpha value is -2.25. The second kappa shape index (κ2) is 6.96. The van der Waals surface area contributed by atoms with E-state index < -0.39 is 0 Å². The lowest BCUT2D eigenvalue weighted by Gasteiger charge is -2.06. The highest BCUT2D eigenvalue weighted by molar-refractivity contribution is 7.09. The SMILES string of the molecule is Cc1nc(-c2ccc(NC(=O)CNC(=O)CN)cc2)cs1. The zero-order valence-electron chi connectivity index (χ0n) is 11.6. The van der Waals surface area contributed by atoms with Crippen molar-refractivity contribution in [2.24, 2.45) is 5.73 Å². The Labute approximate surface area is 126 Å². The predicted octanol–water partition coefficient (Wildman–Crippen LogP) is 1.13. The molecule has 0 bridgehead atoms. The summed E-state index contributed by atoms with van der Waals surface area (Å²) >= 11 is 1.59. The fraction of sp³-hybridized carbons (Fsp3) is 0.214. The largest absolute Gasteiger partial charge is 0.346 e. The minimum atomic E-state index is -0.362. The third kappa shape index (κ3) is 4.37. The van der Waals surface area contributed by atoms with Crippen LogP contribution in [-0.2, 0) is 9.59 Å². The van der Waals surface area contributed by atoms with Crippen LogP contribution < -0.4 is 16.4 Å². The van der Waals surface area contributed by atoms with Crippen LogP contribution in [0.4, 0.5) is 5.69 Å². The predicted molar refractivity (Wildman–Crippen MR) is 83.0 cm³/mol. The van der Waals surface area contributed by atoms with Gasteiger partial charge in [0.2, 0.25) is 11.8 Å². The zero-order chi connectivity index (χ0) is 15.2. The summed E-state index contributed by atoms with van der Waals surface area (Å²) < 4.78 is 0. The number of thiazole rings is 1. The van der Waals surface area contributed by atoms with Gasteiger partial charge in [-0.25, -0.2) is 4.98 Å². The Balaban J connectivity index is 1.93. The normalized spacial score (nSPS) is 10.2. The molecule has 0 radical (unpaired) electrons. The number of nitrogens with zero attached hydrogens (tertiary/aromatic N) is 1. The molecule has 0 fully saturated rings. The van der Waals surface area contributed by atoms with Crippen LogP contribution in [0.15, 0.2) is 29.6 Å². The number of carbonyl (C=O) groups is 2. The number of aromatic nitrogens is 1.